The standard InChI is InChI=1S/C13H18FN3O2/c1-19-13(18)16-10-5-6-17(8-10)7-9-3-2-4-11(15)12(9)14/h2-4,10H,5-8,15H2,1H3,(H,16,18). The first-order valence-corrected chi connectivity index (χ1v) is 6.20. The zero-order chi connectivity index (χ0) is 13.8. The Morgan fingerprint density at radius 2 is 2.42 bits per heavy atom. The Bertz CT molecular complexity index is 467. The average Bonchev–Trinajstić information content (AvgIpc) is 2.82. The maximum absolute atomic E-state index is 13.8. The Morgan fingerprint density at radius 3 is 3.16 bits per heavy atom. The number of carbonyl (C=O) groups is 1. The van der Waals surface area contributed by atoms with E-state index in [1.165, 1.54) is 7.11 Å². The normalized spacial score (nSPS) is 19.4. The van der Waals surface area contributed by atoms with Gasteiger partial charge >= 0.3 is 6.09 Å². The second kappa shape index (κ2) is 5.88. The number of benzene rings is 1. The van der Waals surface area contributed by atoms with Gasteiger partial charge in [-0.25, -0.2) is 9.18 Å². The number of halogens is 1. The van der Waals surface area contributed by atoms with Crippen LogP contribution in [0.15, 0.2) is 18.2 Å². The van der Waals surface area contributed by atoms with E-state index in [4.69, 9.17) is 5.73 Å². The molecule has 0 aromatic heterocycles. The van der Waals surface area contributed by atoms with Crippen molar-refractivity contribution in [3.63, 3.8) is 0 Å². The number of likely N-dealkylation sites (tertiary alicyclic amines) is 1. The fourth-order valence-corrected chi connectivity index (χ4v) is 2.28. The molecule has 19 heavy (non-hydrogen) atoms. The van der Waals surface area contributed by atoms with E-state index in [0.29, 0.717) is 18.7 Å². The maximum Gasteiger partial charge on any atom is 0.407 e. The maximum atomic E-state index is 13.8. The molecule has 1 saturated heterocycles. The summed E-state index contributed by atoms with van der Waals surface area (Å²) in [6, 6.07) is 5.07. The summed E-state index contributed by atoms with van der Waals surface area (Å²) in [4.78, 5) is 13.2. The van der Waals surface area contributed by atoms with Crippen LogP contribution in [0.5, 0.6) is 0 Å². The number of nitrogens with zero attached hydrogens (tertiary/aromatic N) is 1. The quantitative estimate of drug-likeness (QED) is 0.811. The third-order valence-electron chi connectivity index (χ3n) is 3.28. The van der Waals surface area contributed by atoms with Gasteiger partial charge in [-0.05, 0) is 12.5 Å². The van der Waals surface area contributed by atoms with Crippen LogP contribution < -0.4 is 11.1 Å². The summed E-state index contributed by atoms with van der Waals surface area (Å²) < 4.78 is 18.3. The summed E-state index contributed by atoms with van der Waals surface area (Å²) in [6.45, 7) is 1.99. The van der Waals surface area contributed by atoms with Crippen LogP contribution >= 0.6 is 0 Å². The molecule has 1 amide bonds. The molecule has 1 aliphatic rings. The summed E-state index contributed by atoms with van der Waals surface area (Å²) in [5, 5.41) is 2.75. The third kappa shape index (κ3) is 3.35. The lowest BCUT2D eigenvalue weighted by molar-refractivity contribution is 0.166. The van der Waals surface area contributed by atoms with Crippen LogP contribution in [-0.4, -0.2) is 37.2 Å². The predicted molar refractivity (Wildman–Crippen MR) is 70.0 cm³/mol. The number of amides is 1. The second-order valence-corrected chi connectivity index (χ2v) is 4.68. The molecule has 5 nitrogen and oxygen atoms in total. The van der Waals surface area contributed by atoms with Crippen LogP contribution in [0.4, 0.5) is 14.9 Å². The van der Waals surface area contributed by atoms with Gasteiger partial charge < -0.3 is 15.8 Å². The van der Waals surface area contributed by atoms with Gasteiger partial charge in [0.2, 0.25) is 0 Å². The molecule has 1 aliphatic heterocycles. The highest BCUT2D eigenvalue weighted by Gasteiger charge is 2.24. The highest BCUT2D eigenvalue weighted by molar-refractivity contribution is 5.67. The van der Waals surface area contributed by atoms with Crippen molar-refractivity contribution in [3.05, 3.63) is 29.6 Å². The number of nitrogen functional groups attached to an aromatic ring is 1. The van der Waals surface area contributed by atoms with E-state index >= 15 is 0 Å². The lowest BCUT2D eigenvalue weighted by Gasteiger charge is -2.17. The molecule has 1 aromatic rings. The molecular weight excluding hydrogens is 249 g/mol. The van der Waals surface area contributed by atoms with Crippen molar-refractivity contribution in [2.75, 3.05) is 25.9 Å². The zero-order valence-corrected chi connectivity index (χ0v) is 10.9. The van der Waals surface area contributed by atoms with Crippen LogP contribution in [0.25, 0.3) is 0 Å². The zero-order valence-electron chi connectivity index (χ0n) is 10.9. The Morgan fingerprint density at radius 1 is 1.63 bits per heavy atom. The van der Waals surface area contributed by atoms with E-state index in [9.17, 15) is 9.18 Å². The number of carbonyl (C=O) groups excluding carboxylic acids is 1. The topological polar surface area (TPSA) is 67.6 Å². The van der Waals surface area contributed by atoms with Crippen molar-refractivity contribution in [3.8, 4) is 0 Å². The van der Waals surface area contributed by atoms with Crippen molar-refractivity contribution in [1.82, 2.24) is 10.2 Å². The molecule has 3 N–H and O–H groups in total. The van der Waals surface area contributed by atoms with Crippen molar-refractivity contribution < 1.29 is 13.9 Å². The fourth-order valence-electron chi connectivity index (χ4n) is 2.28. The van der Waals surface area contributed by atoms with Crippen LogP contribution in [0.3, 0.4) is 0 Å². The minimum Gasteiger partial charge on any atom is -0.453 e. The number of alkyl carbamates (subject to hydrolysis) is 1. The molecule has 1 atom stereocenters. The fraction of sp³-hybridized carbons (Fsp3) is 0.462. The second-order valence-electron chi connectivity index (χ2n) is 4.68. The Kier molecular flexibility index (Phi) is 4.21. The van der Waals surface area contributed by atoms with Crippen molar-refractivity contribution in [2.24, 2.45) is 0 Å². The number of hydrogen-bond donors (Lipinski definition) is 2. The van der Waals surface area contributed by atoms with Gasteiger partial charge in [0.25, 0.3) is 0 Å². The van der Waals surface area contributed by atoms with Gasteiger partial charge in [-0.2, -0.15) is 0 Å². The third-order valence-corrected chi connectivity index (χ3v) is 3.28. The number of hydrogen-bond acceptors (Lipinski definition) is 4. The number of ether oxygens (including phenoxy) is 1. The van der Waals surface area contributed by atoms with E-state index in [1.54, 1.807) is 18.2 Å². The molecule has 1 unspecified atom stereocenters. The Labute approximate surface area is 111 Å². The van der Waals surface area contributed by atoms with Gasteiger partial charge in [0, 0.05) is 31.2 Å². The van der Waals surface area contributed by atoms with Gasteiger partial charge in [-0.15, -0.1) is 0 Å². The minimum atomic E-state index is -0.429. The van der Waals surface area contributed by atoms with E-state index in [1.807, 2.05) is 0 Å². The molecule has 0 bridgehead atoms. The van der Waals surface area contributed by atoms with Crippen LogP contribution in [0.2, 0.25) is 0 Å². The molecule has 1 aromatic carbocycles. The van der Waals surface area contributed by atoms with E-state index in [-0.39, 0.29) is 17.5 Å². The largest absolute Gasteiger partial charge is 0.453 e. The lowest BCUT2D eigenvalue weighted by atomic mass is 10.2. The smallest absolute Gasteiger partial charge is 0.407 e. The average molecular weight is 267 g/mol. The summed E-state index contributed by atoms with van der Waals surface area (Å²) in [5.74, 6) is -0.355. The first-order chi connectivity index (χ1) is 9.10. The van der Waals surface area contributed by atoms with Crippen molar-refractivity contribution in [2.45, 2.75) is 19.0 Å². The van der Waals surface area contributed by atoms with Crippen LogP contribution in [0.1, 0.15) is 12.0 Å². The molecule has 0 radical (unpaired) electrons. The minimum absolute atomic E-state index is 0.0524. The molecule has 0 spiro atoms. The predicted octanol–water partition coefficient (Wildman–Crippen LogP) is 1.34. The highest BCUT2D eigenvalue weighted by atomic mass is 19.1. The first kappa shape index (κ1) is 13.6. The van der Waals surface area contributed by atoms with E-state index < -0.39 is 6.09 Å². The number of rotatable bonds is 3. The number of methoxy groups -OCH3 is 1. The van der Waals surface area contributed by atoms with Crippen LogP contribution in [-0.2, 0) is 11.3 Å². The summed E-state index contributed by atoms with van der Waals surface area (Å²) in [6.07, 6.45) is 0.404. The lowest BCUT2D eigenvalue weighted by Crippen LogP contribution is -2.36. The Hall–Kier alpha value is -1.82. The number of nitrogens with one attached hydrogen (secondary N) is 1. The van der Waals surface area contributed by atoms with Crippen LogP contribution in [0, 0.1) is 5.82 Å². The van der Waals surface area contributed by atoms with Gasteiger partial charge in [-0.3, -0.25) is 4.90 Å². The number of nitrogens with two attached hydrogens (primary N) is 1. The van der Waals surface area contributed by atoms with E-state index in [0.717, 1.165) is 13.0 Å². The molecule has 104 valence electrons. The Balaban J connectivity index is 1.91. The molecule has 0 aliphatic carbocycles. The number of anilines is 1. The molecule has 0 saturated carbocycles. The van der Waals surface area contributed by atoms with Gasteiger partial charge in [0.1, 0.15) is 0 Å². The van der Waals surface area contributed by atoms with Gasteiger partial charge in [-0.1, -0.05) is 12.1 Å². The molecular formula is C13H18FN3O2. The van der Waals surface area contributed by atoms with Gasteiger partial charge in [0.15, 0.2) is 5.82 Å². The molecule has 1 heterocycles. The van der Waals surface area contributed by atoms with E-state index in [2.05, 4.69) is 15.0 Å². The molecule has 6 heteroatoms. The summed E-state index contributed by atoms with van der Waals surface area (Å²) in [7, 11) is 1.34. The van der Waals surface area contributed by atoms with Gasteiger partial charge in [0.05, 0.1) is 12.8 Å². The van der Waals surface area contributed by atoms with Crippen molar-refractivity contribution >= 4 is 11.8 Å². The highest BCUT2D eigenvalue weighted by Crippen LogP contribution is 2.19. The monoisotopic (exact) mass is 267 g/mol. The van der Waals surface area contributed by atoms with Crippen molar-refractivity contribution in [1.29, 1.82) is 0 Å². The first-order valence-electron chi connectivity index (χ1n) is 6.20. The summed E-state index contributed by atoms with van der Waals surface area (Å²) >= 11 is 0. The SMILES string of the molecule is COC(=O)NC1CCN(Cc2cccc(N)c2F)C1. The summed E-state index contributed by atoms with van der Waals surface area (Å²) in [5.41, 5.74) is 6.29. The molecule has 2 rings (SSSR count). The molecule has 1 fully saturated rings.